The third-order valence-corrected chi connectivity index (χ3v) is 3.05. The van der Waals surface area contributed by atoms with Crippen molar-refractivity contribution in [2.24, 2.45) is 13.0 Å². The van der Waals surface area contributed by atoms with Gasteiger partial charge < -0.3 is 5.32 Å². The number of hydrogen-bond donors (Lipinski definition) is 1. The highest BCUT2D eigenvalue weighted by Gasteiger charge is 2.30. The number of hydrogen-bond acceptors (Lipinski definition) is 2. The smallest absolute Gasteiger partial charge is 0.0640 e. The second-order valence-electron chi connectivity index (χ2n) is 4.58. The number of rotatable bonds is 6. The second-order valence-corrected chi connectivity index (χ2v) is 4.58. The third-order valence-electron chi connectivity index (χ3n) is 3.05. The van der Waals surface area contributed by atoms with Gasteiger partial charge in [-0.05, 0) is 37.8 Å². The summed E-state index contributed by atoms with van der Waals surface area (Å²) in [7, 11) is 1.98. The maximum absolute atomic E-state index is 4.45. The van der Waals surface area contributed by atoms with E-state index in [9.17, 15) is 0 Å². The first-order valence-electron chi connectivity index (χ1n) is 6.01. The Morgan fingerprint density at radius 2 is 2.40 bits per heavy atom. The molecule has 84 valence electrons. The Balaban J connectivity index is 1.88. The molecule has 0 aromatic carbocycles. The van der Waals surface area contributed by atoms with Gasteiger partial charge in [0.15, 0.2) is 0 Å². The van der Waals surface area contributed by atoms with Crippen LogP contribution in [0, 0.1) is 5.92 Å². The van der Waals surface area contributed by atoms with Crippen LogP contribution in [-0.2, 0) is 13.5 Å². The van der Waals surface area contributed by atoms with E-state index < -0.39 is 0 Å². The quantitative estimate of drug-likeness (QED) is 0.770. The lowest BCUT2D eigenvalue weighted by atomic mass is 10.1. The molecule has 0 bridgehead atoms. The maximum Gasteiger partial charge on any atom is 0.0640 e. The maximum atomic E-state index is 4.45. The zero-order valence-electron chi connectivity index (χ0n) is 9.74. The summed E-state index contributed by atoms with van der Waals surface area (Å²) >= 11 is 0. The molecule has 0 amide bonds. The minimum atomic E-state index is 0.653. The van der Waals surface area contributed by atoms with Gasteiger partial charge >= 0.3 is 0 Å². The highest BCUT2D eigenvalue weighted by molar-refractivity contribution is 5.03. The van der Waals surface area contributed by atoms with Crippen LogP contribution in [0.4, 0.5) is 0 Å². The number of nitrogens with one attached hydrogen (secondary N) is 1. The molecule has 1 N–H and O–H groups in total. The summed E-state index contributed by atoms with van der Waals surface area (Å²) in [6.07, 6.45) is 7.12. The molecule has 0 saturated heterocycles. The first-order chi connectivity index (χ1) is 7.29. The van der Waals surface area contributed by atoms with Gasteiger partial charge in [0.25, 0.3) is 0 Å². The lowest BCUT2D eigenvalue weighted by Gasteiger charge is -2.16. The molecule has 1 aliphatic carbocycles. The van der Waals surface area contributed by atoms with Gasteiger partial charge in [-0.3, -0.25) is 4.68 Å². The van der Waals surface area contributed by atoms with Crippen molar-refractivity contribution >= 4 is 0 Å². The molecule has 2 rings (SSSR count). The first kappa shape index (κ1) is 10.7. The van der Waals surface area contributed by atoms with E-state index in [2.05, 4.69) is 23.4 Å². The van der Waals surface area contributed by atoms with Crippen molar-refractivity contribution in [1.82, 2.24) is 15.1 Å². The minimum absolute atomic E-state index is 0.653. The molecule has 3 nitrogen and oxygen atoms in total. The summed E-state index contributed by atoms with van der Waals surface area (Å²) in [4.78, 5) is 0. The van der Waals surface area contributed by atoms with Crippen LogP contribution in [0.2, 0.25) is 0 Å². The van der Waals surface area contributed by atoms with Gasteiger partial charge in [0, 0.05) is 25.7 Å². The molecule has 0 radical (unpaired) electrons. The van der Waals surface area contributed by atoms with Gasteiger partial charge in [-0.15, -0.1) is 0 Å². The van der Waals surface area contributed by atoms with E-state index in [-0.39, 0.29) is 0 Å². The molecule has 1 saturated carbocycles. The summed E-state index contributed by atoms with van der Waals surface area (Å²) in [5.74, 6) is 0.901. The predicted octanol–water partition coefficient (Wildman–Crippen LogP) is 1.74. The van der Waals surface area contributed by atoms with Crippen molar-refractivity contribution in [2.45, 2.75) is 38.6 Å². The van der Waals surface area contributed by atoms with Crippen LogP contribution >= 0.6 is 0 Å². The van der Waals surface area contributed by atoms with Gasteiger partial charge in [0.2, 0.25) is 0 Å². The molecule has 0 spiro atoms. The van der Waals surface area contributed by atoms with Crippen LogP contribution in [0.15, 0.2) is 12.3 Å². The minimum Gasteiger partial charge on any atom is -0.313 e. The van der Waals surface area contributed by atoms with Crippen LogP contribution in [0.5, 0.6) is 0 Å². The monoisotopic (exact) mass is 207 g/mol. The fourth-order valence-electron chi connectivity index (χ4n) is 2.03. The normalized spacial score (nSPS) is 18.0. The molecule has 0 aliphatic heterocycles. The molecule has 3 heteroatoms. The molecular weight excluding hydrogens is 186 g/mol. The van der Waals surface area contributed by atoms with Crippen LogP contribution in [-0.4, -0.2) is 22.4 Å². The number of aryl methyl sites for hydroxylation is 1. The Labute approximate surface area is 91.9 Å². The molecule has 1 aliphatic rings. The summed E-state index contributed by atoms with van der Waals surface area (Å²) < 4.78 is 1.89. The van der Waals surface area contributed by atoms with Crippen LogP contribution < -0.4 is 5.32 Å². The van der Waals surface area contributed by atoms with Gasteiger partial charge in [0.05, 0.1) is 5.69 Å². The zero-order chi connectivity index (χ0) is 10.7. The Kier molecular flexibility index (Phi) is 3.41. The lowest BCUT2D eigenvalue weighted by Crippen LogP contribution is -2.33. The lowest BCUT2D eigenvalue weighted by molar-refractivity contribution is 0.454. The molecule has 1 unspecified atom stereocenters. The molecule has 1 aromatic rings. The SMILES string of the molecule is CCCNC(Cc1ccn(C)n1)C1CC1. The van der Waals surface area contributed by atoms with E-state index in [1.54, 1.807) is 0 Å². The fraction of sp³-hybridized carbons (Fsp3) is 0.750. The highest BCUT2D eigenvalue weighted by Crippen LogP contribution is 2.33. The highest BCUT2D eigenvalue weighted by atomic mass is 15.2. The van der Waals surface area contributed by atoms with Gasteiger partial charge in [0.1, 0.15) is 0 Å². The van der Waals surface area contributed by atoms with Crippen molar-refractivity contribution < 1.29 is 0 Å². The Bertz CT molecular complexity index is 302. The standard InChI is InChI=1S/C12H21N3/c1-3-7-13-12(10-4-5-10)9-11-6-8-15(2)14-11/h6,8,10,12-13H,3-5,7,9H2,1-2H3. The van der Waals surface area contributed by atoms with Crippen molar-refractivity contribution in [3.63, 3.8) is 0 Å². The largest absolute Gasteiger partial charge is 0.313 e. The van der Waals surface area contributed by atoms with Crippen molar-refractivity contribution in [3.05, 3.63) is 18.0 Å². The summed E-state index contributed by atoms with van der Waals surface area (Å²) in [5, 5.41) is 8.09. The van der Waals surface area contributed by atoms with E-state index in [0.717, 1.165) is 18.9 Å². The van der Waals surface area contributed by atoms with E-state index in [4.69, 9.17) is 0 Å². The molecule has 15 heavy (non-hydrogen) atoms. The van der Waals surface area contributed by atoms with E-state index in [1.807, 2.05) is 17.9 Å². The van der Waals surface area contributed by atoms with Crippen molar-refractivity contribution in [2.75, 3.05) is 6.54 Å². The second kappa shape index (κ2) is 4.79. The number of aromatic nitrogens is 2. The number of nitrogens with zero attached hydrogens (tertiary/aromatic N) is 2. The van der Waals surface area contributed by atoms with E-state index >= 15 is 0 Å². The molecule has 1 fully saturated rings. The average Bonchev–Trinajstić information content (AvgIpc) is 2.98. The summed E-state index contributed by atoms with van der Waals surface area (Å²) in [6, 6.07) is 2.78. The fourth-order valence-corrected chi connectivity index (χ4v) is 2.03. The van der Waals surface area contributed by atoms with Crippen molar-refractivity contribution in [1.29, 1.82) is 0 Å². The van der Waals surface area contributed by atoms with Crippen LogP contribution in [0.3, 0.4) is 0 Å². The Morgan fingerprint density at radius 3 is 2.93 bits per heavy atom. The molecule has 1 atom stereocenters. The Morgan fingerprint density at radius 1 is 1.60 bits per heavy atom. The van der Waals surface area contributed by atoms with E-state index in [0.29, 0.717) is 6.04 Å². The topological polar surface area (TPSA) is 29.9 Å². The van der Waals surface area contributed by atoms with Crippen molar-refractivity contribution in [3.8, 4) is 0 Å². The third kappa shape index (κ3) is 3.06. The Hall–Kier alpha value is -0.830. The van der Waals surface area contributed by atoms with Crippen LogP contribution in [0.1, 0.15) is 31.9 Å². The average molecular weight is 207 g/mol. The molecule has 1 aromatic heterocycles. The zero-order valence-corrected chi connectivity index (χ0v) is 9.74. The predicted molar refractivity (Wildman–Crippen MR) is 61.7 cm³/mol. The van der Waals surface area contributed by atoms with E-state index in [1.165, 1.54) is 25.0 Å². The van der Waals surface area contributed by atoms with Crippen LogP contribution in [0.25, 0.3) is 0 Å². The van der Waals surface area contributed by atoms with Gasteiger partial charge in [-0.2, -0.15) is 5.10 Å². The summed E-state index contributed by atoms with van der Waals surface area (Å²) in [5.41, 5.74) is 1.22. The molecular formula is C12H21N3. The first-order valence-corrected chi connectivity index (χ1v) is 6.01. The van der Waals surface area contributed by atoms with Gasteiger partial charge in [-0.25, -0.2) is 0 Å². The molecule has 1 heterocycles. The summed E-state index contributed by atoms with van der Waals surface area (Å²) in [6.45, 7) is 3.35. The van der Waals surface area contributed by atoms with Gasteiger partial charge in [-0.1, -0.05) is 6.92 Å².